The fraction of sp³-hybridized carbons (Fsp3) is 0.800. The Morgan fingerprint density at radius 1 is 1.18 bits per heavy atom. The van der Waals surface area contributed by atoms with E-state index in [9.17, 15) is 0 Å². The van der Waals surface area contributed by atoms with Gasteiger partial charge in [-0.25, -0.2) is 0 Å². The molecule has 64 valence electrons. The van der Waals surface area contributed by atoms with Crippen LogP contribution in [0.25, 0.3) is 0 Å². The zero-order valence-electron chi connectivity index (χ0n) is 7.77. The molecule has 11 heavy (non-hydrogen) atoms. The maximum Gasteiger partial charge on any atom is 0.0173 e. The summed E-state index contributed by atoms with van der Waals surface area (Å²) in [6.07, 6.45) is 7.57. The fourth-order valence-corrected chi connectivity index (χ4v) is 1.56. The maximum absolute atomic E-state index is 2.46. The third kappa shape index (κ3) is 2.57. The van der Waals surface area contributed by atoms with Crippen molar-refractivity contribution >= 4 is 0 Å². The molecule has 0 aromatic rings. The summed E-state index contributed by atoms with van der Waals surface area (Å²) in [5.74, 6) is 0. The van der Waals surface area contributed by atoms with E-state index in [2.05, 4.69) is 24.9 Å². The molecule has 0 saturated carbocycles. The summed E-state index contributed by atoms with van der Waals surface area (Å²) in [6.45, 7) is 7.05. The van der Waals surface area contributed by atoms with E-state index in [0.717, 1.165) is 0 Å². The highest BCUT2D eigenvalue weighted by Crippen LogP contribution is 2.12. The molecular formula is C10H19N. The SMILES string of the molecule is CCC(=CN1CCCC1)CC. The molecule has 1 saturated heterocycles. The second kappa shape index (κ2) is 4.42. The fourth-order valence-electron chi connectivity index (χ4n) is 1.56. The lowest BCUT2D eigenvalue weighted by molar-refractivity contribution is 0.461. The minimum atomic E-state index is 1.22. The molecule has 0 aromatic heterocycles. The number of likely N-dealkylation sites (tertiary alicyclic amines) is 1. The van der Waals surface area contributed by atoms with Gasteiger partial charge in [-0.3, -0.25) is 0 Å². The van der Waals surface area contributed by atoms with Gasteiger partial charge in [-0.1, -0.05) is 19.4 Å². The van der Waals surface area contributed by atoms with Gasteiger partial charge in [0.05, 0.1) is 0 Å². The van der Waals surface area contributed by atoms with Crippen molar-refractivity contribution in [3.05, 3.63) is 11.8 Å². The van der Waals surface area contributed by atoms with Crippen LogP contribution < -0.4 is 0 Å². The van der Waals surface area contributed by atoms with Gasteiger partial charge in [0.1, 0.15) is 0 Å². The van der Waals surface area contributed by atoms with Crippen LogP contribution in [-0.4, -0.2) is 18.0 Å². The molecule has 0 aliphatic carbocycles. The van der Waals surface area contributed by atoms with Gasteiger partial charge in [0.15, 0.2) is 0 Å². The van der Waals surface area contributed by atoms with Gasteiger partial charge >= 0.3 is 0 Å². The third-order valence-corrected chi connectivity index (χ3v) is 2.41. The lowest BCUT2D eigenvalue weighted by Crippen LogP contribution is -2.11. The molecule has 0 unspecified atom stereocenters. The molecule has 0 N–H and O–H groups in total. The lowest BCUT2D eigenvalue weighted by Gasteiger charge is -2.13. The summed E-state index contributed by atoms with van der Waals surface area (Å²) >= 11 is 0. The van der Waals surface area contributed by atoms with Crippen LogP contribution in [0.15, 0.2) is 11.8 Å². The Hall–Kier alpha value is -0.460. The van der Waals surface area contributed by atoms with Crippen molar-refractivity contribution in [2.75, 3.05) is 13.1 Å². The molecule has 1 nitrogen and oxygen atoms in total. The first-order chi connectivity index (χ1) is 5.36. The van der Waals surface area contributed by atoms with Gasteiger partial charge in [-0.05, 0) is 31.9 Å². The summed E-state index contributed by atoms with van der Waals surface area (Å²) in [4.78, 5) is 2.46. The molecule has 1 fully saturated rings. The summed E-state index contributed by atoms with van der Waals surface area (Å²) in [7, 11) is 0. The average Bonchev–Trinajstić information content (AvgIpc) is 2.52. The van der Waals surface area contributed by atoms with Gasteiger partial charge < -0.3 is 4.90 Å². The smallest absolute Gasteiger partial charge is 0.0173 e. The molecule has 0 radical (unpaired) electrons. The van der Waals surface area contributed by atoms with Crippen LogP contribution >= 0.6 is 0 Å². The standard InChI is InChI=1S/C10H19N/c1-3-10(4-2)9-11-7-5-6-8-11/h9H,3-8H2,1-2H3. The van der Waals surface area contributed by atoms with Crippen molar-refractivity contribution in [1.29, 1.82) is 0 Å². The second-order valence-electron chi connectivity index (χ2n) is 3.24. The van der Waals surface area contributed by atoms with Gasteiger partial charge in [0.25, 0.3) is 0 Å². The van der Waals surface area contributed by atoms with Gasteiger partial charge in [-0.2, -0.15) is 0 Å². The highest BCUT2D eigenvalue weighted by Gasteiger charge is 2.07. The van der Waals surface area contributed by atoms with Crippen molar-refractivity contribution < 1.29 is 0 Å². The van der Waals surface area contributed by atoms with E-state index in [1.54, 1.807) is 5.57 Å². The number of nitrogens with zero attached hydrogens (tertiary/aromatic N) is 1. The van der Waals surface area contributed by atoms with Crippen LogP contribution in [0.1, 0.15) is 39.5 Å². The molecule has 1 aliphatic heterocycles. The van der Waals surface area contributed by atoms with E-state index >= 15 is 0 Å². The Kier molecular flexibility index (Phi) is 3.47. The Bertz CT molecular complexity index is 126. The maximum atomic E-state index is 2.46. The summed E-state index contributed by atoms with van der Waals surface area (Å²) in [5, 5.41) is 0. The van der Waals surface area contributed by atoms with Crippen molar-refractivity contribution in [2.24, 2.45) is 0 Å². The first-order valence-corrected chi connectivity index (χ1v) is 4.80. The lowest BCUT2D eigenvalue weighted by atomic mass is 10.2. The second-order valence-corrected chi connectivity index (χ2v) is 3.24. The van der Waals surface area contributed by atoms with Crippen LogP contribution in [0.3, 0.4) is 0 Å². The zero-order valence-corrected chi connectivity index (χ0v) is 7.77. The van der Waals surface area contributed by atoms with Gasteiger partial charge in [0.2, 0.25) is 0 Å². The Labute approximate surface area is 70.1 Å². The molecule has 1 heterocycles. The molecule has 0 amide bonds. The van der Waals surface area contributed by atoms with Gasteiger partial charge in [-0.15, -0.1) is 0 Å². The van der Waals surface area contributed by atoms with Crippen LogP contribution in [0.2, 0.25) is 0 Å². The minimum absolute atomic E-state index is 1.22. The van der Waals surface area contributed by atoms with E-state index in [0.29, 0.717) is 0 Å². The highest BCUT2D eigenvalue weighted by atomic mass is 15.1. The summed E-state index contributed by atoms with van der Waals surface area (Å²) < 4.78 is 0. The topological polar surface area (TPSA) is 3.24 Å². The normalized spacial score (nSPS) is 17.1. The van der Waals surface area contributed by atoms with Crippen LogP contribution in [0, 0.1) is 0 Å². The molecule has 0 atom stereocenters. The van der Waals surface area contributed by atoms with E-state index < -0.39 is 0 Å². The third-order valence-electron chi connectivity index (χ3n) is 2.41. The predicted molar refractivity (Wildman–Crippen MR) is 49.5 cm³/mol. The van der Waals surface area contributed by atoms with E-state index in [1.165, 1.54) is 38.8 Å². The van der Waals surface area contributed by atoms with E-state index in [-0.39, 0.29) is 0 Å². The quantitative estimate of drug-likeness (QED) is 0.602. The molecular weight excluding hydrogens is 134 g/mol. The Balaban J connectivity index is 2.40. The van der Waals surface area contributed by atoms with E-state index in [4.69, 9.17) is 0 Å². The molecule has 0 bridgehead atoms. The van der Waals surface area contributed by atoms with Crippen LogP contribution in [-0.2, 0) is 0 Å². The molecule has 1 aliphatic rings. The largest absolute Gasteiger partial charge is 0.377 e. The zero-order chi connectivity index (χ0) is 8.10. The minimum Gasteiger partial charge on any atom is -0.377 e. The van der Waals surface area contributed by atoms with Crippen molar-refractivity contribution in [2.45, 2.75) is 39.5 Å². The molecule has 0 aromatic carbocycles. The van der Waals surface area contributed by atoms with Crippen LogP contribution in [0.4, 0.5) is 0 Å². The Morgan fingerprint density at radius 3 is 2.18 bits per heavy atom. The highest BCUT2D eigenvalue weighted by molar-refractivity contribution is 5.00. The Morgan fingerprint density at radius 2 is 1.73 bits per heavy atom. The van der Waals surface area contributed by atoms with Crippen molar-refractivity contribution in [1.82, 2.24) is 4.90 Å². The summed E-state index contributed by atoms with van der Waals surface area (Å²) in [5.41, 5.74) is 1.59. The van der Waals surface area contributed by atoms with Crippen molar-refractivity contribution in [3.8, 4) is 0 Å². The van der Waals surface area contributed by atoms with E-state index in [1.807, 2.05) is 0 Å². The van der Waals surface area contributed by atoms with Crippen LogP contribution in [0.5, 0.6) is 0 Å². The number of hydrogen-bond acceptors (Lipinski definition) is 1. The van der Waals surface area contributed by atoms with Crippen molar-refractivity contribution in [3.63, 3.8) is 0 Å². The number of hydrogen-bond donors (Lipinski definition) is 0. The average molecular weight is 153 g/mol. The molecule has 1 rings (SSSR count). The predicted octanol–water partition coefficient (Wildman–Crippen LogP) is 2.79. The van der Waals surface area contributed by atoms with Gasteiger partial charge in [0, 0.05) is 13.1 Å². The number of rotatable bonds is 3. The monoisotopic (exact) mass is 153 g/mol. The number of allylic oxidation sites excluding steroid dienone is 1. The summed E-state index contributed by atoms with van der Waals surface area (Å²) in [6, 6.07) is 0. The molecule has 1 heteroatoms. The first-order valence-electron chi connectivity index (χ1n) is 4.80. The first kappa shape index (κ1) is 8.63. The molecule has 0 spiro atoms.